The standard InChI is InChI=1S/C37H50N6O6S2/c1-27(2)22-33-34(41(37-38-28(3)26-50-37)15-14-40-16-20-49-21-17-40)25-43(33)36(39-51(46,47)32-10-5-4-6-11-32)42(24-29-12-18-48-19-13-29)31-9-7-8-30(23-31)35(44)45/h4-11,23,26-27,29,33-34H,12-22,24-25H2,1-3H3,(H,44,45)/b39-36+. The number of aromatic nitrogens is 1. The molecule has 14 heteroatoms. The van der Waals surface area contributed by atoms with Gasteiger partial charge in [-0.3, -0.25) is 4.90 Å². The van der Waals surface area contributed by atoms with Crippen LogP contribution >= 0.6 is 11.3 Å². The van der Waals surface area contributed by atoms with Crippen LogP contribution in [-0.2, 0) is 19.5 Å². The molecule has 0 amide bonds. The van der Waals surface area contributed by atoms with Crippen LogP contribution in [-0.4, -0.2) is 118 Å². The molecule has 3 aromatic rings. The van der Waals surface area contributed by atoms with Crippen molar-refractivity contribution in [1.82, 2.24) is 14.8 Å². The lowest BCUT2D eigenvalue weighted by molar-refractivity contribution is 0.0375. The molecule has 3 aliphatic heterocycles. The van der Waals surface area contributed by atoms with Crippen LogP contribution in [0, 0.1) is 18.8 Å². The number of benzene rings is 2. The summed E-state index contributed by atoms with van der Waals surface area (Å²) in [7, 11) is -4.14. The van der Waals surface area contributed by atoms with E-state index in [4.69, 9.17) is 14.5 Å². The van der Waals surface area contributed by atoms with E-state index in [1.165, 1.54) is 0 Å². The minimum Gasteiger partial charge on any atom is -0.478 e. The monoisotopic (exact) mass is 738 g/mol. The van der Waals surface area contributed by atoms with Crippen molar-refractivity contribution in [2.45, 2.75) is 57.0 Å². The highest BCUT2D eigenvalue weighted by molar-refractivity contribution is 7.90. The maximum Gasteiger partial charge on any atom is 0.335 e. The van der Waals surface area contributed by atoms with Crippen LogP contribution in [0.5, 0.6) is 0 Å². The smallest absolute Gasteiger partial charge is 0.335 e. The molecule has 0 aliphatic carbocycles. The fraction of sp³-hybridized carbons (Fsp3) is 0.541. The predicted molar refractivity (Wildman–Crippen MR) is 201 cm³/mol. The van der Waals surface area contributed by atoms with E-state index in [1.54, 1.807) is 59.9 Å². The molecule has 2 unspecified atom stereocenters. The van der Waals surface area contributed by atoms with Crippen molar-refractivity contribution in [3.63, 3.8) is 0 Å². The number of morpholine rings is 1. The molecule has 4 heterocycles. The van der Waals surface area contributed by atoms with E-state index in [-0.39, 0.29) is 28.5 Å². The van der Waals surface area contributed by atoms with E-state index < -0.39 is 16.0 Å². The number of nitrogens with zero attached hydrogens (tertiary/aromatic N) is 6. The Hall–Kier alpha value is -3.56. The van der Waals surface area contributed by atoms with Gasteiger partial charge >= 0.3 is 5.97 Å². The normalized spacial score (nSPS) is 20.7. The highest BCUT2D eigenvalue weighted by Crippen LogP contribution is 2.36. The van der Waals surface area contributed by atoms with Crippen LogP contribution < -0.4 is 9.80 Å². The summed E-state index contributed by atoms with van der Waals surface area (Å²) in [5.74, 6) is -0.223. The van der Waals surface area contributed by atoms with Gasteiger partial charge in [-0.15, -0.1) is 15.7 Å². The number of carboxylic acid groups (broad SMARTS) is 1. The van der Waals surface area contributed by atoms with E-state index in [2.05, 4.69) is 38.3 Å². The van der Waals surface area contributed by atoms with Gasteiger partial charge in [0.1, 0.15) is 0 Å². The maximum absolute atomic E-state index is 14.1. The fourth-order valence-corrected chi connectivity index (χ4v) is 9.00. The van der Waals surface area contributed by atoms with Gasteiger partial charge in [-0.1, -0.05) is 38.1 Å². The molecule has 276 valence electrons. The van der Waals surface area contributed by atoms with Gasteiger partial charge in [-0.2, -0.15) is 8.42 Å². The number of anilines is 2. The number of likely N-dealkylation sites (tertiary alicyclic amines) is 1. The maximum atomic E-state index is 14.1. The Labute approximate surface area is 305 Å². The van der Waals surface area contributed by atoms with Gasteiger partial charge in [0, 0.05) is 63.5 Å². The van der Waals surface area contributed by atoms with E-state index >= 15 is 0 Å². The lowest BCUT2D eigenvalue weighted by atomic mass is 9.87. The van der Waals surface area contributed by atoms with E-state index in [9.17, 15) is 18.3 Å². The van der Waals surface area contributed by atoms with Crippen LogP contribution in [0.1, 0.15) is 49.2 Å². The summed E-state index contributed by atoms with van der Waals surface area (Å²) in [6, 6.07) is 15.0. The summed E-state index contributed by atoms with van der Waals surface area (Å²) in [6.07, 6.45) is 2.42. The Morgan fingerprint density at radius 2 is 1.78 bits per heavy atom. The zero-order valence-corrected chi connectivity index (χ0v) is 31.4. The Bertz CT molecular complexity index is 1740. The number of sulfonamides is 1. The topological polar surface area (TPSA) is 128 Å². The van der Waals surface area contributed by atoms with Crippen molar-refractivity contribution in [2.75, 3.05) is 75.5 Å². The molecule has 1 N–H and O–H groups in total. The average Bonchev–Trinajstić information content (AvgIpc) is 3.57. The predicted octanol–water partition coefficient (Wildman–Crippen LogP) is 5.07. The van der Waals surface area contributed by atoms with E-state index in [0.717, 1.165) is 69.5 Å². The number of aryl methyl sites for hydroxylation is 1. The Balaban J connectivity index is 1.43. The number of carbonyl (C=O) groups is 1. The molecule has 0 bridgehead atoms. The van der Waals surface area contributed by atoms with Crippen LogP contribution in [0.4, 0.5) is 10.8 Å². The van der Waals surface area contributed by atoms with Gasteiger partial charge in [0.2, 0.25) is 5.96 Å². The van der Waals surface area contributed by atoms with Gasteiger partial charge in [-0.25, -0.2) is 9.78 Å². The summed E-state index contributed by atoms with van der Waals surface area (Å²) in [4.78, 5) is 26.1. The second-order valence-corrected chi connectivity index (χ2v) is 16.5. The number of hydrogen-bond donors (Lipinski definition) is 1. The minimum atomic E-state index is -4.14. The van der Waals surface area contributed by atoms with Crippen molar-refractivity contribution in [3.05, 3.63) is 71.2 Å². The molecule has 2 atom stereocenters. The molecule has 0 spiro atoms. The van der Waals surface area contributed by atoms with Crippen molar-refractivity contribution in [1.29, 1.82) is 0 Å². The quantitative estimate of drug-likeness (QED) is 0.187. The van der Waals surface area contributed by atoms with Crippen LogP contribution in [0.3, 0.4) is 0 Å². The molecule has 0 saturated carbocycles. The summed E-state index contributed by atoms with van der Waals surface area (Å²) in [5, 5.41) is 13.0. The van der Waals surface area contributed by atoms with Gasteiger partial charge < -0.3 is 29.3 Å². The second kappa shape index (κ2) is 16.8. The van der Waals surface area contributed by atoms with Gasteiger partial charge in [0.25, 0.3) is 10.0 Å². The third-order valence-electron chi connectivity index (χ3n) is 9.88. The van der Waals surface area contributed by atoms with E-state index in [1.807, 2.05) is 17.9 Å². The van der Waals surface area contributed by atoms with Crippen LogP contribution in [0.2, 0.25) is 0 Å². The van der Waals surface area contributed by atoms with Crippen molar-refractivity contribution in [3.8, 4) is 0 Å². The molecule has 1 aromatic heterocycles. The molecule has 3 aliphatic rings. The molecular formula is C37H50N6O6S2. The number of hydrogen-bond acceptors (Lipinski definition) is 9. The average molecular weight is 739 g/mol. The third kappa shape index (κ3) is 9.28. The number of ether oxygens (including phenoxy) is 2. The molecule has 3 fully saturated rings. The fourth-order valence-electron chi connectivity index (χ4n) is 7.09. The molecule has 0 radical (unpaired) electrons. The molecule has 51 heavy (non-hydrogen) atoms. The Morgan fingerprint density at radius 3 is 2.45 bits per heavy atom. The van der Waals surface area contributed by atoms with Gasteiger partial charge in [-0.05, 0) is 68.4 Å². The van der Waals surface area contributed by atoms with Crippen molar-refractivity contribution < 1.29 is 27.8 Å². The highest BCUT2D eigenvalue weighted by Gasteiger charge is 2.47. The lowest BCUT2D eigenvalue weighted by Crippen LogP contribution is -2.71. The first-order chi connectivity index (χ1) is 24.6. The van der Waals surface area contributed by atoms with Crippen LogP contribution in [0.25, 0.3) is 0 Å². The largest absolute Gasteiger partial charge is 0.478 e. The van der Waals surface area contributed by atoms with Crippen molar-refractivity contribution >= 4 is 44.1 Å². The lowest BCUT2D eigenvalue weighted by Gasteiger charge is -2.55. The summed E-state index contributed by atoms with van der Waals surface area (Å²) in [6.45, 7) is 13.5. The third-order valence-corrected chi connectivity index (χ3v) is 12.1. The number of thiazole rings is 1. The summed E-state index contributed by atoms with van der Waals surface area (Å²) >= 11 is 1.64. The zero-order valence-electron chi connectivity index (χ0n) is 29.8. The molecular weight excluding hydrogens is 689 g/mol. The first-order valence-corrected chi connectivity index (χ1v) is 20.2. The number of guanidine groups is 1. The minimum absolute atomic E-state index is 0.0545. The Kier molecular flexibility index (Phi) is 12.3. The highest BCUT2D eigenvalue weighted by atomic mass is 32.2. The first-order valence-electron chi connectivity index (χ1n) is 17.9. The second-order valence-electron chi connectivity index (χ2n) is 14.0. The summed E-state index contributed by atoms with van der Waals surface area (Å²) < 4.78 is 44.2. The van der Waals surface area contributed by atoms with Crippen molar-refractivity contribution in [2.24, 2.45) is 16.2 Å². The SMILES string of the molecule is Cc1csc(N(CCN2CCOCC2)C2CN(/C(=N/S(=O)(=O)c3ccccc3)N(CC3CCOCC3)c3cccc(C(=O)O)c3)C2CC(C)C)n1. The number of carboxylic acids is 1. The number of aromatic carboxylic acids is 1. The molecule has 3 saturated heterocycles. The molecule has 2 aromatic carbocycles. The Morgan fingerprint density at radius 1 is 1.06 bits per heavy atom. The van der Waals surface area contributed by atoms with Gasteiger partial charge in [0.15, 0.2) is 5.13 Å². The molecule has 12 nitrogen and oxygen atoms in total. The van der Waals surface area contributed by atoms with Crippen LogP contribution in [0.15, 0.2) is 69.3 Å². The van der Waals surface area contributed by atoms with Gasteiger partial charge in [0.05, 0.1) is 41.5 Å². The zero-order chi connectivity index (χ0) is 36.0. The number of rotatable bonds is 13. The van der Waals surface area contributed by atoms with E-state index in [0.29, 0.717) is 43.9 Å². The first kappa shape index (κ1) is 37.2. The molecule has 6 rings (SSSR count). The summed E-state index contributed by atoms with van der Waals surface area (Å²) in [5.41, 5.74) is 1.69.